The summed E-state index contributed by atoms with van der Waals surface area (Å²) >= 11 is 0. The average molecular weight is 433 g/mol. The fraction of sp³-hybridized carbons (Fsp3) is 0.409. The lowest BCUT2D eigenvalue weighted by Gasteiger charge is -2.36. The summed E-state index contributed by atoms with van der Waals surface area (Å²) in [6.07, 6.45) is -3.70. The van der Waals surface area contributed by atoms with Crippen molar-refractivity contribution in [1.82, 2.24) is 9.80 Å². The Morgan fingerprint density at radius 3 is 2.52 bits per heavy atom. The topological polar surface area (TPSA) is 54.5 Å². The van der Waals surface area contributed by atoms with Crippen molar-refractivity contribution in [3.63, 3.8) is 0 Å². The number of hydrogen-bond donors (Lipinski definition) is 0. The molecule has 2 aliphatic heterocycles. The van der Waals surface area contributed by atoms with Gasteiger partial charge in [-0.25, -0.2) is 0 Å². The molecule has 1 fully saturated rings. The van der Waals surface area contributed by atoms with Gasteiger partial charge in [0.05, 0.1) is 5.69 Å². The highest BCUT2D eigenvalue weighted by atomic mass is 19.3. The SMILES string of the molecule is CN(C)CCOc1ccccc1N1CCN(C(=O)c2ccc3c(c2)OC(F)(F)O3)CC1. The molecule has 2 heterocycles. The molecule has 9 heteroatoms. The Hall–Kier alpha value is -3.07. The molecular formula is C22H25F2N3O4. The number of rotatable bonds is 6. The average Bonchev–Trinajstić information content (AvgIpc) is 3.06. The molecule has 0 saturated carbocycles. The van der Waals surface area contributed by atoms with Crippen molar-refractivity contribution in [3.05, 3.63) is 48.0 Å². The van der Waals surface area contributed by atoms with E-state index < -0.39 is 6.29 Å². The van der Waals surface area contributed by atoms with Gasteiger partial charge in [0.1, 0.15) is 12.4 Å². The summed E-state index contributed by atoms with van der Waals surface area (Å²) in [6, 6.07) is 12.0. The predicted molar refractivity (Wildman–Crippen MR) is 111 cm³/mol. The van der Waals surface area contributed by atoms with E-state index in [1.54, 1.807) is 4.90 Å². The number of halogens is 2. The molecular weight excluding hydrogens is 408 g/mol. The lowest BCUT2D eigenvalue weighted by Crippen LogP contribution is -2.48. The van der Waals surface area contributed by atoms with Gasteiger partial charge in [0.15, 0.2) is 11.5 Å². The molecule has 0 unspecified atom stereocenters. The van der Waals surface area contributed by atoms with Gasteiger partial charge in [0.25, 0.3) is 5.91 Å². The van der Waals surface area contributed by atoms with Crippen LogP contribution in [0.5, 0.6) is 17.2 Å². The van der Waals surface area contributed by atoms with E-state index >= 15 is 0 Å². The van der Waals surface area contributed by atoms with Crippen LogP contribution in [0.15, 0.2) is 42.5 Å². The van der Waals surface area contributed by atoms with Crippen molar-refractivity contribution in [1.29, 1.82) is 0 Å². The molecule has 0 bridgehead atoms. The fourth-order valence-corrected chi connectivity index (χ4v) is 3.59. The van der Waals surface area contributed by atoms with E-state index in [4.69, 9.17) is 4.74 Å². The quantitative estimate of drug-likeness (QED) is 0.699. The van der Waals surface area contributed by atoms with Gasteiger partial charge in [0, 0.05) is 38.3 Å². The summed E-state index contributed by atoms with van der Waals surface area (Å²) < 4.78 is 41.2. The van der Waals surface area contributed by atoms with E-state index in [0.29, 0.717) is 38.3 Å². The Balaban J connectivity index is 1.38. The fourth-order valence-electron chi connectivity index (χ4n) is 3.59. The normalized spacial score (nSPS) is 17.2. The summed E-state index contributed by atoms with van der Waals surface area (Å²) in [4.78, 5) is 18.8. The molecule has 4 rings (SSSR count). The number of fused-ring (bicyclic) bond motifs is 1. The highest BCUT2D eigenvalue weighted by Gasteiger charge is 2.43. The Bertz CT molecular complexity index is 946. The van der Waals surface area contributed by atoms with Gasteiger partial charge in [-0.2, -0.15) is 0 Å². The number of benzene rings is 2. The molecule has 0 atom stereocenters. The number of nitrogens with zero attached hydrogens (tertiary/aromatic N) is 3. The van der Waals surface area contributed by atoms with Crippen molar-refractivity contribution >= 4 is 11.6 Å². The summed E-state index contributed by atoms with van der Waals surface area (Å²) in [7, 11) is 3.99. The van der Waals surface area contributed by atoms with Crippen molar-refractivity contribution in [2.75, 3.05) is 58.3 Å². The van der Waals surface area contributed by atoms with Crippen molar-refractivity contribution < 1.29 is 27.8 Å². The van der Waals surface area contributed by atoms with Crippen LogP contribution in [-0.4, -0.2) is 75.4 Å². The molecule has 0 aromatic heterocycles. The number of ether oxygens (including phenoxy) is 3. The summed E-state index contributed by atoms with van der Waals surface area (Å²) in [6.45, 7) is 3.71. The van der Waals surface area contributed by atoms with Crippen LogP contribution in [0.25, 0.3) is 0 Å². The van der Waals surface area contributed by atoms with Crippen LogP contribution in [0.3, 0.4) is 0 Å². The lowest BCUT2D eigenvalue weighted by atomic mass is 10.1. The van der Waals surface area contributed by atoms with Gasteiger partial charge in [-0.15, -0.1) is 8.78 Å². The minimum absolute atomic E-state index is 0.0720. The molecule has 7 nitrogen and oxygen atoms in total. The zero-order chi connectivity index (χ0) is 22.0. The first-order chi connectivity index (χ1) is 14.8. The predicted octanol–water partition coefficient (Wildman–Crippen LogP) is 2.91. The van der Waals surface area contributed by atoms with E-state index in [-0.39, 0.29) is 17.4 Å². The van der Waals surface area contributed by atoms with Crippen LogP contribution in [0.4, 0.5) is 14.5 Å². The highest BCUT2D eigenvalue weighted by molar-refractivity contribution is 5.95. The van der Waals surface area contributed by atoms with Crippen LogP contribution < -0.4 is 19.1 Å². The largest absolute Gasteiger partial charge is 0.586 e. The molecule has 2 aliphatic rings. The maximum Gasteiger partial charge on any atom is 0.586 e. The van der Waals surface area contributed by atoms with Gasteiger partial charge >= 0.3 is 6.29 Å². The number of para-hydroxylation sites is 2. The first kappa shape index (κ1) is 21.2. The maximum atomic E-state index is 13.2. The number of anilines is 1. The van der Waals surface area contributed by atoms with E-state index in [0.717, 1.165) is 18.0 Å². The van der Waals surface area contributed by atoms with Crippen LogP contribution in [0.2, 0.25) is 0 Å². The second kappa shape index (κ2) is 8.58. The van der Waals surface area contributed by atoms with Gasteiger partial charge in [0.2, 0.25) is 0 Å². The zero-order valence-electron chi connectivity index (χ0n) is 17.5. The smallest absolute Gasteiger partial charge is 0.490 e. The maximum absolute atomic E-state index is 13.2. The van der Waals surface area contributed by atoms with E-state index in [1.807, 2.05) is 38.4 Å². The van der Waals surface area contributed by atoms with Crippen molar-refractivity contribution in [2.45, 2.75) is 6.29 Å². The van der Waals surface area contributed by atoms with Crippen molar-refractivity contribution in [3.8, 4) is 17.2 Å². The number of alkyl halides is 2. The molecule has 166 valence electrons. The molecule has 2 aromatic carbocycles. The monoisotopic (exact) mass is 433 g/mol. The van der Waals surface area contributed by atoms with Crippen LogP contribution in [-0.2, 0) is 0 Å². The number of carbonyl (C=O) groups is 1. The Morgan fingerprint density at radius 1 is 1.06 bits per heavy atom. The number of amides is 1. The Labute approximate surface area is 179 Å². The second-order valence-electron chi connectivity index (χ2n) is 7.73. The van der Waals surface area contributed by atoms with Gasteiger partial charge < -0.3 is 28.9 Å². The standard InChI is InChI=1S/C22H25F2N3O4/c1-25(2)13-14-29-18-6-4-3-5-17(18)26-9-11-27(12-10-26)21(28)16-7-8-19-20(15-16)31-22(23,24)30-19/h3-8,15H,9-14H2,1-2H3. The van der Waals surface area contributed by atoms with Crippen molar-refractivity contribution in [2.24, 2.45) is 0 Å². The van der Waals surface area contributed by atoms with E-state index in [9.17, 15) is 13.6 Å². The molecule has 0 N–H and O–H groups in total. The zero-order valence-corrected chi connectivity index (χ0v) is 17.5. The summed E-state index contributed by atoms with van der Waals surface area (Å²) in [5.41, 5.74) is 1.29. The molecule has 1 saturated heterocycles. The van der Waals surface area contributed by atoms with Gasteiger partial charge in [-0.1, -0.05) is 12.1 Å². The number of carbonyl (C=O) groups excluding carboxylic acids is 1. The third kappa shape index (κ3) is 4.82. The number of hydrogen-bond acceptors (Lipinski definition) is 6. The number of piperazine rings is 1. The molecule has 0 aliphatic carbocycles. The van der Waals surface area contributed by atoms with Gasteiger partial charge in [-0.05, 0) is 44.4 Å². The summed E-state index contributed by atoms with van der Waals surface area (Å²) in [5.74, 6) is 0.396. The Kier molecular flexibility index (Phi) is 5.86. The molecule has 31 heavy (non-hydrogen) atoms. The first-order valence-corrected chi connectivity index (χ1v) is 10.1. The first-order valence-electron chi connectivity index (χ1n) is 10.1. The molecule has 0 radical (unpaired) electrons. The second-order valence-corrected chi connectivity index (χ2v) is 7.73. The number of likely N-dealkylation sites (N-methyl/N-ethyl adjacent to an activating group) is 1. The molecule has 2 aromatic rings. The third-order valence-electron chi connectivity index (χ3n) is 5.22. The van der Waals surface area contributed by atoms with E-state index in [1.165, 1.54) is 18.2 Å². The highest BCUT2D eigenvalue weighted by Crippen LogP contribution is 2.41. The van der Waals surface area contributed by atoms with Crippen LogP contribution in [0, 0.1) is 0 Å². The van der Waals surface area contributed by atoms with Crippen LogP contribution in [0.1, 0.15) is 10.4 Å². The lowest BCUT2D eigenvalue weighted by molar-refractivity contribution is -0.286. The van der Waals surface area contributed by atoms with Crippen LogP contribution >= 0.6 is 0 Å². The third-order valence-corrected chi connectivity index (χ3v) is 5.22. The minimum Gasteiger partial charge on any atom is -0.490 e. The summed E-state index contributed by atoms with van der Waals surface area (Å²) in [5, 5.41) is 0. The Morgan fingerprint density at radius 2 is 1.77 bits per heavy atom. The molecule has 0 spiro atoms. The minimum atomic E-state index is -3.70. The molecule has 1 amide bonds. The van der Waals surface area contributed by atoms with E-state index in [2.05, 4.69) is 19.3 Å². The van der Waals surface area contributed by atoms with Gasteiger partial charge in [-0.3, -0.25) is 4.79 Å².